The van der Waals surface area contributed by atoms with Crippen molar-refractivity contribution >= 4 is 5.97 Å². The number of hydroxylamine groups is 2. The van der Waals surface area contributed by atoms with Crippen LogP contribution in [0.5, 0.6) is 0 Å². The van der Waals surface area contributed by atoms with Gasteiger partial charge in [-0.15, -0.1) is 0 Å². The number of nitrogens with zero attached hydrogens (tertiary/aromatic N) is 1. The average molecular weight is 299 g/mol. The van der Waals surface area contributed by atoms with E-state index >= 15 is 0 Å². The van der Waals surface area contributed by atoms with Crippen LogP contribution in [0.4, 0.5) is 0 Å². The average Bonchev–Trinajstić information content (AvgIpc) is 2.53. The highest BCUT2D eigenvalue weighted by molar-refractivity contribution is 5.93. The van der Waals surface area contributed by atoms with Crippen LogP contribution in [0, 0.1) is 0 Å². The molecule has 5 heteroatoms. The molecule has 114 valence electrons. The van der Waals surface area contributed by atoms with Crippen molar-refractivity contribution in [1.82, 2.24) is 5.06 Å². The maximum Gasteiger partial charge on any atom is 0.340 e. The molecule has 1 heterocycles. The lowest BCUT2D eigenvalue weighted by atomic mass is 10.1. The van der Waals surface area contributed by atoms with Gasteiger partial charge in [0, 0.05) is 0 Å². The summed E-state index contributed by atoms with van der Waals surface area (Å²) in [6.07, 6.45) is 3.03. The predicted molar refractivity (Wildman–Crippen MR) is 82.2 cm³/mol. The predicted octanol–water partition coefficient (Wildman–Crippen LogP) is 3.00. The van der Waals surface area contributed by atoms with E-state index in [0.717, 1.165) is 5.56 Å². The van der Waals surface area contributed by atoms with Gasteiger partial charge < -0.3 is 9.84 Å². The maximum atomic E-state index is 11.7. The molecule has 0 saturated heterocycles. The summed E-state index contributed by atoms with van der Waals surface area (Å²) < 4.78 is 4.70. The molecule has 0 bridgehead atoms. The van der Waals surface area contributed by atoms with E-state index in [9.17, 15) is 9.90 Å². The number of methoxy groups -OCH3 is 1. The second-order valence-corrected chi connectivity index (χ2v) is 4.57. The van der Waals surface area contributed by atoms with E-state index in [2.05, 4.69) is 13.2 Å². The second-order valence-electron chi connectivity index (χ2n) is 4.57. The first-order chi connectivity index (χ1) is 10.5. The summed E-state index contributed by atoms with van der Waals surface area (Å²) in [4.78, 5) is 17.4. The van der Waals surface area contributed by atoms with Crippen molar-refractivity contribution in [3.63, 3.8) is 0 Å². The second kappa shape index (κ2) is 6.78. The standard InChI is InChI=1S/C17H17NO4/c1-12-15(17(20)21-3)9-10-16(13(2)19)18(12)22-11-14-7-5-4-6-8-14/h4-10,19H,1-2,11H2,3H3. The Bertz CT molecular complexity index is 658. The van der Waals surface area contributed by atoms with Gasteiger partial charge in [-0.25, -0.2) is 9.86 Å². The number of carbonyl (C=O) groups excluding carboxylic acids is 1. The summed E-state index contributed by atoms with van der Waals surface area (Å²) >= 11 is 0. The monoisotopic (exact) mass is 299 g/mol. The molecule has 1 aromatic carbocycles. The zero-order valence-corrected chi connectivity index (χ0v) is 12.3. The van der Waals surface area contributed by atoms with Crippen LogP contribution in [0.2, 0.25) is 0 Å². The van der Waals surface area contributed by atoms with Crippen LogP contribution < -0.4 is 0 Å². The molecule has 0 aliphatic carbocycles. The van der Waals surface area contributed by atoms with Gasteiger partial charge >= 0.3 is 5.97 Å². The molecule has 0 fully saturated rings. The van der Waals surface area contributed by atoms with E-state index in [1.54, 1.807) is 0 Å². The van der Waals surface area contributed by atoms with E-state index in [1.807, 2.05) is 30.3 Å². The smallest absolute Gasteiger partial charge is 0.340 e. The molecule has 1 N–H and O–H groups in total. The summed E-state index contributed by atoms with van der Waals surface area (Å²) in [6.45, 7) is 7.57. The number of rotatable bonds is 5. The van der Waals surface area contributed by atoms with Gasteiger partial charge in [0.05, 0.1) is 18.4 Å². The Morgan fingerprint density at radius 1 is 1.27 bits per heavy atom. The van der Waals surface area contributed by atoms with Crippen LogP contribution in [-0.2, 0) is 21.0 Å². The van der Waals surface area contributed by atoms with Crippen molar-refractivity contribution in [2.75, 3.05) is 7.11 Å². The van der Waals surface area contributed by atoms with Gasteiger partial charge in [-0.1, -0.05) is 43.5 Å². The number of ether oxygens (including phenoxy) is 1. The first-order valence-corrected chi connectivity index (χ1v) is 6.59. The molecule has 1 aliphatic rings. The van der Waals surface area contributed by atoms with E-state index in [0.29, 0.717) is 5.70 Å². The topological polar surface area (TPSA) is 59.0 Å². The minimum absolute atomic E-state index is 0.186. The fourth-order valence-corrected chi connectivity index (χ4v) is 1.95. The number of allylic oxidation sites excluding steroid dienone is 2. The number of benzene rings is 1. The van der Waals surface area contributed by atoms with Crippen molar-refractivity contribution in [2.24, 2.45) is 0 Å². The summed E-state index contributed by atoms with van der Waals surface area (Å²) in [5, 5.41) is 11.0. The third-order valence-corrected chi connectivity index (χ3v) is 3.09. The van der Waals surface area contributed by atoms with E-state index in [4.69, 9.17) is 9.57 Å². The van der Waals surface area contributed by atoms with Crippen LogP contribution in [0.15, 0.2) is 78.4 Å². The summed E-state index contributed by atoms with van der Waals surface area (Å²) in [7, 11) is 1.29. The van der Waals surface area contributed by atoms with Gasteiger partial charge in [0.2, 0.25) is 0 Å². The first kappa shape index (κ1) is 15.6. The van der Waals surface area contributed by atoms with Gasteiger partial charge in [0.15, 0.2) is 0 Å². The number of aliphatic hydroxyl groups excluding tert-OH is 1. The molecule has 0 atom stereocenters. The number of carbonyl (C=O) groups is 1. The summed E-state index contributed by atoms with van der Waals surface area (Å²) in [5.74, 6) is -0.716. The Balaban J connectivity index is 2.22. The van der Waals surface area contributed by atoms with E-state index < -0.39 is 5.97 Å². The highest BCUT2D eigenvalue weighted by Gasteiger charge is 2.27. The number of esters is 1. The van der Waals surface area contributed by atoms with Crippen LogP contribution in [0.25, 0.3) is 0 Å². The minimum Gasteiger partial charge on any atom is -0.506 e. The fourth-order valence-electron chi connectivity index (χ4n) is 1.95. The van der Waals surface area contributed by atoms with Gasteiger partial charge in [0.25, 0.3) is 0 Å². The Kier molecular flexibility index (Phi) is 4.80. The lowest BCUT2D eigenvalue weighted by Gasteiger charge is -2.30. The van der Waals surface area contributed by atoms with Crippen LogP contribution in [-0.4, -0.2) is 23.2 Å². The molecule has 1 aliphatic heterocycles. The normalized spacial score (nSPS) is 14.2. The zero-order valence-electron chi connectivity index (χ0n) is 12.3. The van der Waals surface area contributed by atoms with E-state index in [1.165, 1.54) is 24.3 Å². The molecule has 0 amide bonds. The summed E-state index contributed by atoms with van der Waals surface area (Å²) in [6, 6.07) is 9.50. The largest absolute Gasteiger partial charge is 0.506 e. The molecule has 0 radical (unpaired) electrons. The Labute approximate surface area is 129 Å². The lowest BCUT2D eigenvalue weighted by Crippen LogP contribution is -2.28. The molecule has 2 rings (SSSR count). The molecular weight excluding hydrogens is 282 g/mol. The van der Waals surface area contributed by atoms with E-state index in [-0.39, 0.29) is 23.6 Å². The van der Waals surface area contributed by atoms with Crippen molar-refractivity contribution < 1.29 is 19.5 Å². The minimum atomic E-state index is -0.530. The Hall–Kier alpha value is -2.79. The van der Waals surface area contributed by atoms with Gasteiger partial charge in [0.1, 0.15) is 18.1 Å². The van der Waals surface area contributed by atoms with Crippen LogP contribution >= 0.6 is 0 Å². The van der Waals surface area contributed by atoms with Crippen molar-refractivity contribution in [3.8, 4) is 0 Å². The highest BCUT2D eigenvalue weighted by atomic mass is 16.7. The molecule has 0 aromatic heterocycles. The third kappa shape index (κ3) is 3.27. The van der Waals surface area contributed by atoms with Crippen LogP contribution in [0.1, 0.15) is 5.56 Å². The number of hydrogen-bond donors (Lipinski definition) is 1. The van der Waals surface area contributed by atoms with Crippen molar-refractivity contribution in [3.05, 3.63) is 83.9 Å². The highest BCUT2D eigenvalue weighted by Crippen LogP contribution is 2.28. The van der Waals surface area contributed by atoms with Crippen LogP contribution in [0.3, 0.4) is 0 Å². The fraction of sp³-hybridized carbons (Fsp3) is 0.118. The quantitative estimate of drug-likeness (QED) is 0.669. The molecule has 0 saturated carbocycles. The first-order valence-electron chi connectivity index (χ1n) is 6.59. The SMILES string of the molecule is C=C(O)C1=CC=C(C(=O)OC)C(=C)N1OCc1ccccc1. The van der Waals surface area contributed by atoms with Crippen molar-refractivity contribution in [2.45, 2.75) is 6.61 Å². The van der Waals surface area contributed by atoms with Gasteiger partial charge in [-0.3, -0.25) is 4.84 Å². The summed E-state index contributed by atoms with van der Waals surface area (Å²) in [5.41, 5.74) is 1.78. The van der Waals surface area contributed by atoms with Gasteiger partial charge in [-0.2, -0.15) is 0 Å². The molecule has 0 spiro atoms. The lowest BCUT2D eigenvalue weighted by molar-refractivity contribution is -0.139. The molecular formula is C17H17NO4. The molecule has 0 unspecified atom stereocenters. The van der Waals surface area contributed by atoms with Gasteiger partial charge in [-0.05, 0) is 17.7 Å². The van der Waals surface area contributed by atoms with Crippen molar-refractivity contribution in [1.29, 1.82) is 0 Å². The zero-order chi connectivity index (χ0) is 16.1. The molecule has 5 nitrogen and oxygen atoms in total. The number of hydrogen-bond acceptors (Lipinski definition) is 5. The maximum absolute atomic E-state index is 11.7. The Morgan fingerprint density at radius 2 is 1.95 bits per heavy atom. The Morgan fingerprint density at radius 3 is 2.55 bits per heavy atom. The third-order valence-electron chi connectivity index (χ3n) is 3.09. The number of aliphatic hydroxyl groups is 1. The molecule has 1 aromatic rings. The molecule has 22 heavy (non-hydrogen) atoms.